The van der Waals surface area contributed by atoms with Crippen LogP contribution in [0.5, 0.6) is 0 Å². The Morgan fingerprint density at radius 1 is 0.958 bits per heavy atom. The number of H-pyrrole nitrogens is 1. The van der Waals surface area contributed by atoms with Gasteiger partial charge in [0.05, 0.1) is 31.7 Å². The first-order valence-electron chi connectivity index (χ1n) is 15.4. The lowest BCUT2D eigenvalue weighted by atomic mass is 10.0. The second-order valence-corrected chi connectivity index (χ2v) is 11.7. The number of rotatable bonds is 15. The molecular formula is C30H39N7O11. The van der Waals surface area contributed by atoms with Gasteiger partial charge in [-0.1, -0.05) is 18.2 Å². The molecule has 260 valence electrons. The molecule has 2 aromatic rings. The summed E-state index contributed by atoms with van der Waals surface area (Å²) in [5.74, 6) is -7.10. The minimum Gasteiger partial charge on any atom is -0.481 e. The zero-order chi connectivity index (χ0) is 35.0. The number of likely N-dealkylation sites (tertiary alicyclic amines) is 1. The van der Waals surface area contributed by atoms with Gasteiger partial charge in [-0.05, 0) is 31.0 Å². The van der Waals surface area contributed by atoms with Gasteiger partial charge in [-0.25, -0.2) is 4.79 Å². The fourth-order valence-corrected chi connectivity index (χ4v) is 5.78. The minimum atomic E-state index is -1.70. The number of hydrogen-bond donors (Lipinski definition) is 10. The predicted molar refractivity (Wildman–Crippen MR) is 165 cm³/mol. The third-order valence-corrected chi connectivity index (χ3v) is 8.21. The van der Waals surface area contributed by atoms with Crippen molar-refractivity contribution in [1.82, 2.24) is 36.5 Å². The molecule has 1 aromatic heterocycles. The van der Waals surface area contributed by atoms with E-state index in [1.54, 1.807) is 30.5 Å². The van der Waals surface area contributed by atoms with E-state index in [-0.39, 0.29) is 19.4 Å². The van der Waals surface area contributed by atoms with E-state index in [1.165, 1.54) is 0 Å². The molecule has 48 heavy (non-hydrogen) atoms. The Hall–Kier alpha value is -5.07. The number of carboxylic acids is 2. The first-order valence-corrected chi connectivity index (χ1v) is 15.4. The fraction of sp³-hybridized carbons (Fsp3) is 0.500. The van der Waals surface area contributed by atoms with E-state index in [0.717, 1.165) is 22.2 Å². The number of carbonyl (C=O) groups is 7. The number of nitrogens with zero attached hydrogens (tertiary/aromatic N) is 1. The Kier molecular flexibility index (Phi) is 12.0. The van der Waals surface area contributed by atoms with Crippen LogP contribution in [0.25, 0.3) is 10.9 Å². The Labute approximate surface area is 273 Å². The third kappa shape index (κ3) is 9.05. The Bertz CT molecular complexity index is 1540. The van der Waals surface area contributed by atoms with Crippen molar-refractivity contribution in [3.63, 3.8) is 0 Å². The summed E-state index contributed by atoms with van der Waals surface area (Å²) in [5, 5.41) is 52.0. The molecule has 6 atom stereocenters. The molecule has 2 fully saturated rings. The number of para-hydroxylation sites is 1. The molecule has 0 aliphatic carbocycles. The van der Waals surface area contributed by atoms with Gasteiger partial charge in [-0.3, -0.25) is 28.8 Å². The zero-order valence-corrected chi connectivity index (χ0v) is 25.8. The van der Waals surface area contributed by atoms with Crippen molar-refractivity contribution in [3.05, 3.63) is 36.0 Å². The van der Waals surface area contributed by atoms with E-state index in [4.69, 9.17) is 0 Å². The molecule has 0 saturated carbocycles. The van der Waals surface area contributed by atoms with Crippen molar-refractivity contribution in [2.24, 2.45) is 0 Å². The van der Waals surface area contributed by atoms with Crippen LogP contribution in [-0.2, 0) is 40.0 Å². The number of carbonyl (C=O) groups excluding carboxylic acids is 5. The van der Waals surface area contributed by atoms with E-state index < -0.39 is 97.4 Å². The normalized spacial score (nSPS) is 20.8. The van der Waals surface area contributed by atoms with Crippen LogP contribution in [0.1, 0.15) is 31.2 Å². The summed E-state index contributed by atoms with van der Waals surface area (Å²) in [6.07, 6.45) is 0.557. The number of amides is 5. The molecule has 0 spiro atoms. The standard InChI is InChI=1S/C30H39N7O11/c38-14-22(36-26(43)19-6-3-7-31-19)29(46)37-13-16(39)9-23(37)28(45)33-12-24(40)34-20(10-25(41)42)27(44)35-21(30(47)48)8-15-11-32-18-5-2-1-4-17(15)18/h1-2,4-5,11,16,19-23,31-32,38-39H,3,6-10,12-14H2,(H,33,45)(H,34,40)(H,35,44)(H,36,43)(H,41,42)(H,47,48)/t16?,19-,20-,21-,22-,23-/m0/s1. The molecule has 0 bridgehead atoms. The van der Waals surface area contributed by atoms with E-state index in [9.17, 15) is 54.0 Å². The van der Waals surface area contributed by atoms with Crippen molar-refractivity contribution in [2.75, 3.05) is 26.2 Å². The first kappa shape index (κ1) is 35.8. The first-order chi connectivity index (χ1) is 22.9. The van der Waals surface area contributed by atoms with E-state index in [1.807, 2.05) is 0 Å². The van der Waals surface area contributed by atoms with Crippen LogP contribution in [0.3, 0.4) is 0 Å². The highest BCUT2D eigenvalue weighted by molar-refractivity contribution is 5.96. The monoisotopic (exact) mass is 673 g/mol. The number of aliphatic carboxylic acids is 2. The lowest BCUT2D eigenvalue weighted by Gasteiger charge is -2.28. The molecule has 2 aliphatic heterocycles. The molecule has 0 radical (unpaired) electrons. The molecule has 5 amide bonds. The highest BCUT2D eigenvalue weighted by atomic mass is 16.4. The number of nitrogens with one attached hydrogen (secondary N) is 6. The molecule has 1 aromatic carbocycles. The largest absolute Gasteiger partial charge is 0.481 e. The van der Waals surface area contributed by atoms with Gasteiger partial charge in [0.1, 0.15) is 24.2 Å². The summed E-state index contributed by atoms with van der Waals surface area (Å²) >= 11 is 0. The van der Waals surface area contributed by atoms with E-state index in [0.29, 0.717) is 18.5 Å². The van der Waals surface area contributed by atoms with E-state index >= 15 is 0 Å². The zero-order valence-electron chi connectivity index (χ0n) is 25.8. The highest BCUT2D eigenvalue weighted by Crippen LogP contribution is 2.21. The molecule has 2 saturated heterocycles. The number of aliphatic hydroxyl groups is 2. The van der Waals surface area contributed by atoms with Crippen LogP contribution >= 0.6 is 0 Å². The van der Waals surface area contributed by atoms with Gasteiger partial charge >= 0.3 is 11.9 Å². The van der Waals surface area contributed by atoms with Crippen molar-refractivity contribution in [3.8, 4) is 0 Å². The number of fused-ring (bicyclic) bond motifs is 1. The Morgan fingerprint density at radius 3 is 2.38 bits per heavy atom. The summed E-state index contributed by atoms with van der Waals surface area (Å²) in [7, 11) is 0. The van der Waals surface area contributed by atoms with Crippen molar-refractivity contribution < 1.29 is 54.0 Å². The second kappa shape index (κ2) is 16.2. The van der Waals surface area contributed by atoms with Crippen LogP contribution in [0.4, 0.5) is 0 Å². The maximum absolute atomic E-state index is 13.2. The average molecular weight is 674 g/mol. The Balaban J connectivity index is 1.34. The van der Waals surface area contributed by atoms with Crippen LogP contribution in [0.2, 0.25) is 0 Å². The summed E-state index contributed by atoms with van der Waals surface area (Å²) in [5.41, 5.74) is 1.33. The predicted octanol–water partition coefficient (Wildman–Crippen LogP) is -3.45. The molecule has 4 rings (SSSR count). The quantitative estimate of drug-likeness (QED) is 0.0884. The van der Waals surface area contributed by atoms with Crippen molar-refractivity contribution in [1.29, 1.82) is 0 Å². The molecule has 2 aliphatic rings. The summed E-state index contributed by atoms with van der Waals surface area (Å²) in [6, 6.07) is 0.747. The lowest BCUT2D eigenvalue weighted by molar-refractivity contribution is -0.143. The summed E-state index contributed by atoms with van der Waals surface area (Å²) in [4.78, 5) is 91.8. The van der Waals surface area contributed by atoms with Gasteiger partial charge in [0.25, 0.3) is 0 Å². The lowest BCUT2D eigenvalue weighted by Crippen LogP contribution is -2.57. The van der Waals surface area contributed by atoms with Gasteiger partial charge in [-0.15, -0.1) is 0 Å². The van der Waals surface area contributed by atoms with Crippen molar-refractivity contribution in [2.45, 2.75) is 68.4 Å². The molecule has 3 heterocycles. The topological polar surface area (TPSA) is 280 Å². The highest BCUT2D eigenvalue weighted by Gasteiger charge is 2.42. The maximum atomic E-state index is 13.2. The average Bonchev–Trinajstić information content (AvgIpc) is 3.82. The van der Waals surface area contributed by atoms with Gasteiger partial charge in [0.2, 0.25) is 29.5 Å². The fourth-order valence-electron chi connectivity index (χ4n) is 5.78. The van der Waals surface area contributed by atoms with Crippen LogP contribution in [0, 0.1) is 0 Å². The Morgan fingerprint density at radius 2 is 1.71 bits per heavy atom. The summed E-state index contributed by atoms with van der Waals surface area (Å²) < 4.78 is 0. The number of aliphatic hydroxyl groups excluding tert-OH is 2. The second-order valence-electron chi connectivity index (χ2n) is 11.7. The number of β-amino-alcohol motifs (C(OH)–C–C–N with tert-alkyl or cyclic N) is 1. The van der Waals surface area contributed by atoms with Crippen molar-refractivity contribution >= 4 is 52.4 Å². The van der Waals surface area contributed by atoms with Crippen LogP contribution in [0.15, 0.2) is 30.5 Å². The van der Waals surface area contributed by atoms with Crippen LogP contribution in [-0.4, -0.2) is 134 Å². The van der Waals surface area contributed by atoms with Gasteiger partial charge < -0.3 is 56.9 Å². The van der Waals surface area contributed by atoms with Gasteiger partial charge in [0.15, 0.2) is 0 Å². The number of aromatic amines is 1. The number of aromatic nitrogens is 1. The molecule has 18 nitrogen and oxygen atoms in total. The smallest absolute Gasteiger partial charge is 0.326 e. The molecule has 18 heteroatoms. The maximum Gasteiger partial charge on any atom is 0.326 e. The SMILES string of the molecule is O=C(O)C[C@H](NC(=O)CNC(=O)[C@@H]1CC(O)CN1C(=O)[C@H](CO)NC(=O)[C@@H]1CCCN1)C(=O)N[C@@H](Cc1c[nH]c2ccccc12)C(=O)O. The van der Waals surface area contributed by atoms with E-state index in [2.05, 4.69) is 31.6 Å². The molecule has 10 N–H and O–H groups in total. The van der Waals surface area contributed by atoms with Gasteiger partial charge in [-0.2, -0.15) is 0 Å². The summed E-state index contributed by atoms with van der Waals surface area (Å²) in [6.45, 7) is -1.18. The van der Waals surface area contributed by atoms with Gasteiger partial charge in [0, 0.05) is 36.5 Å². The number of carboxylic acid groups (broad SMARTS) is 2. The molecular weight excluding hydrogens is 634 g/mol. The third-order valence-electron chi connectivity index (χ3n) is 8.21. The number of benzene rings is 1. The number of hydrogen-bond acceptors (Lipinski definition) is 10. The van der Waals surface area contributed by atoms with Crippen LogP contribution < -0.4 is 26.6 Å². The minimum absolute atomic E-state index is 0.143. The molecule has 1 unspecified atom stereocenters.